The molecule has 26 heavy (non-hydrogen) atoms. The molecule has 1 amide bonds. The molecule has 0 radical (unpaired) electrons. The summed E-state index contributed by atoms with van der Waals surface area (Å²) in [4.78, 5) is 24.9. The molecule has 0 saturated carbocycles. The van der Waals surface area contributed by atoms with E-state index < -0.39 is 0 Å². The van der Waals surface area contributed by atoms with Crippen LogP contribution in [0.1, 0.15) is 21.9 Å². The van der Waals surface area contributed by atoms with E-state index in [-0.39, 0.29) is 12.5 Å². The third-order valence-corrected chi connectivity index (χ3v) is 3.93. The van der Waals surface area contributed by atoms with Crippen molar-refractivity contribution in [1.29, 1.82) is 0 Å². The smallest absolute Gasteiger partial charge is 0.253 e. The lowest BCUT2D eigenvalue weighted by molar-refractivity contribution is 0.0946. The standard InChI is InChI=1S/C17H15N7O2/c1-10-13-7-12(8-19-16(13)24(2)22-10)17(25)20-9-14-21-15(23-26-14)11-3-5-18-6-4-11/h3-8H,9H2,1-2H3,(H,20,25). The maximum Gasteiger partial charge on any atom is 0.253 e. The molecule has 4 aromatic heterocycles. The zero-order valence-corrected chi connectivity index (χ0v) is 14.2. The van der Waals surface area contributed by atoms with E-state index in [2.05, 4.69) is 30.5 Å². The monoisotopic (exact) mass is 349 g/mol. The Hall–Kier alpha value is -3.62. The van der Waals surface area contributed by atoms with Crippen molar-refractivity contribution in [2.24, 2.45) is 7.05 Å². The second-order valence-electron chi connectivity index (χ2n) is 5.73. The topological polar surface area (TPSA) is 112 Å². The van der Waals surface area contributed by atoms with Gasteiger partial charge < -0.3 is 9.84 Å². The number of rotatable bonds is 4. The van der Waals surface area contributed by atoms with Gasteiger partial charge in [0, 0.05) is 36.6 Å². The van der Waals surface area contributed by atoms with E-state index in [1.165, 1.54) is 6.20 Å². The van der Waals surface area contributed by atoms with Crippen molar-refractivity contribution >= 4 is 16.9 Å². The highest BCUT2D eigenvalue weighted by Crippen LogP contribution is 2.17. The maximum absolute atomic E-state index is 12.4. The molecule has 9 heteroatoms. The average molecular weight is 349 g/mol. The molecule has 9 nitrogen and oxygen atoms in total. The van der Waals surface area contributed by atoms with Crippen LogP contribution in [0.15, 0.2) is 41.3 Å². The molecule has 0 aliphatic heterocycles. The molecule has 0 atom stereocenters. The highest BCUT2D eigenvalue weighted by molar-refractivity contribution is 5.97. The molecule has 4 aromatic rings. The van der Waals surface area contributed by atoms with Gasteiger partial charge in [0.05, 0.1) is 17.8 Å². The molecular formula is C17H15N7O2. The Bertz CT molecular complexity index is 1090. The highest BCUT2D eigenvalue weighted by Gasteiger charge is 2.13. The number of carbonyl (C=O) groups is 1. The summed E-state index contributed by atoms with van der Waals surface area (Å²) in [7, 11) is 1.82. The quantitative estimate of drug-likeness (QED) is 0.596. The van der Waals surface area contributed by atoms with Gasteiger partial charge >= 0.3 is 0 Å². The second-order valence-corrected chi connectivity index (χ2v) is 5.73. The Morgan fingerprint density at radius 3 is 2.92 bits per heavy atom. The molecule has 0 spiro atoms. The number of amides is 1. The molecule has 0 saturated heterocycles. The van der Waals surface area contributed by atoms with Gasteiger partial charge in [-0.25, -0.2) is 4.98 Å². The predicted molar refractivity (Wildman–Crippen MR) is 91.9 cm³/mol. The fourth-order valence-corrected chi connectivity index (χ4v) is 2.63. The first-order valence-corrected chi connectivity index (χ1v) is 7.92. The van der Waals surface area contributed by atoms with Crippen LogP contribution in [0.4, 0.5) is 0 Å². The highest BCUT2D eigenvalue weighted by atomic mass is 16.5. The lowest BCUT2D eigenvalue weighted by Crippen LogP contribution is -2.23. The van der Waals surface area contributed by atoms with Gasteiger partial charge in [-0.15, -0.1) is 0 Å². The summed E-state index contributed by atoms with van der Waals surface area (Å²) in [6, 6.07) is 5.34. The maximum atomic E-state index is 12.4. The number of aryl methyl sites for hydroxylation is 2. The Kier molecular flexibility index (Phi) is 3.88. The van der Waals surface area contributed by atoms with Crippen LogP contribution in [0.2, 0.25) is 0 Å². The van der Waals surface area contributed by atoms with Crippen molar-refractivity contribution in [1.82, 2.24) is 35.2 Å². The number of hydrogen-bond donors (Lipinski definition) is 1. The zero-order chi connectivity index (χ0) is 18.1. The zero-order valence-electron chi connectivity index (χ0n) is 14.2. The molecule has 0 bridgehead atoms. The number of aromatic nitrogens is 6. The van der Waals surface area contributed by atoms with Gasteiger partial charge in [-0.3, -0.25) is 14.5 Å². The first-order valence-electron chi connectivity index (χ1n) is 7.92. The SMILES string of the molecule is Cc1nn(C)c2ncc(C(=O)NCc3nc(-c4ccncc4)no3)cc12. The Labute approximate surface area is 148 Å². The minimum absolute atomic E-state index is 0.126. The van der Waals surface area contributed by atoms with Crippen LogP contribution in [-0.2, 0) is 13.6 Å². The van der Waals surface area contributed by atoms with Gasteiger partial charge in [-0.05, 0) is 25.1 Å². The molecule has 0 fully saturated rings. The Morgan fingerprint density at radius 2 is 2.12 bits per heavy atom. The molecule has 4 heterocycles. The summed E-state index contributed by atoms with van der Waals surface area (Å²) in [5.41, 5.74) is 2.80. The molecule has 0 unspecified atom stereocenters. The van der Waals surface area contributed by atoms with E-state index in [0.29, 0.717) is 17.3 Å². The van der Waals surface area contributed by atoms with Crippen LogP contribution < -0.4 is 5.32 Å². The van der Waals surface area contributed by atoms with E-state index in [4.69, 9.17) is 4.52 Å². The van der Waals surface area contributed by atoms with Gasteiger partial charge in [0.15, 0.2) is 5.65 Å². The fourth-order valence-electron chi connectivity index (χ4n) is 2.63. The largest absolute Gasteiger partial charge is 0.343 e. The lowest BCUT2D eigenvalue weighted by Gasteiger charge is -2.02. The van der Waals surface area contributed by atoms with Crippen LogP contribution in [0.3, 0.4) is 0 Å². The molecule has 4 rings (SSSR count). The van der Waals surface area contributed by atoms with E-state index in [1.807, 2.05) is 14.0 Å². The summed E-state index contributed by atoms with van der Waals surface area (Å²) < 4.78 is 6.86. The second kappa shape index (κ2) is 6.36. The summed E-state index contributed by atoms with van der Waals surface area (Å²) in [6.45, 7) is 2.01. The van der Waals surface area contributed by atoms with Crippen molar-refractivity contribution < 1.29 is 9.32 Å². The van der Waals surface area contributed by atoms with Crippen molar-refractivity contribution in [3.05, 3.63) is 53.9 Å². The molecule has 0 aliphatic rings. The van der Waals surface area contributed by atoms with Crippen molar-refractivity contribution in [2.75, 3.05) is 0 Å². The van der Waals surface area contributed by atoms with E-state index in [9.17, 15) is 4.79 Å². The van der Waals surface area contributed by atoms with E-state index in [0.717, 1.165) is 22.3 Å². The van der Waals surface area contributed by atoms with Gasteiger partial charge in [0.25, 0.3) is 5.91 Å². The number of nitrogens with one attached hydrogen (secondary N) is 1. The number of hydrogen-bond acceptors (Lipinski definition) is 7. The summed E-state index contributed by atoms with van der Waals surface area (Å²) in [5, 5.41) is 11.8. The third kappa shape index (κ3) is 2.90. The molecular weight excluding hydrogens is 334 g/mol. The average Bonchev–Trinajstić information content (AvgIpc) is 3.25. The van der Waals surface area contributed by atoms with Gasteiger partial charge in [-0.1, -0.05) is 5.16 Å². The normalized spacial score (nSPS) is 11.0. The first-order chi connectivity index (χ1) is 12.6. The number of fused-ring (bicyclic) bond motifs is 1. The van der Waals surface area contributed by atoms with Crippen molar-refractivity contribution in [3.8, 4) is 11.4 Å². The van der Waals surface area contributed by atoms with Crippen LogP contribution in [0, 0.1) is 6.92 Å². The third-order valence-electron chi connectivity index (χ3n) is 3.93. The fraction of sp³-hybridized carbons (Fsp3) is 0.176. The minimum atomic E-state index is -0.272. The number of pyridine rings is 2. The molecule has 1 N–H and O–H groups in total. The number of nitrogens with zero attached hydrogens (tertiary/aromatic N) is 6. The van der Waals surface area contributed by atoms with Crippen LogP contribution in [0.25, 0.3) is 22.4 Å². The van der Waals surface area contributed by atoms with E-state index >= 15 is 0 Å². The van der Waals surface area contributed by atoms with Gasteiger partial charge in [-0.2, -0.15) is 10.1 Å². The lowest BCUT2D eigenvalue weighted by atomic mass is 10.2. The Morgan fingerprint density at radius 1 is 1.31 bits per heavy atom. The van der Waals surface area contributed by atoms with Crippen LogP contribution in [-0.4, -0.2) is 35.8 Å². The summed E-state index contributed by atoms with van der Waals surface area (Å²) in [6.07, 6.45) is 4.82. The summed E-state index contributed by atoms with van der Waals surface area (Å²) in [5.74, 6) is 0.494. The van der Waals surface area contributed by atoms with Gasteiger partial charge in [0.2, 0.25) is 11.7 Å². The minimum Gasteiger partial charge on any atom is -0.343 e. The molecule has 0 aliphatic carbocycles. The van der Waals surface area contributed by atoms with Crippen LogP contribution in [0.5, 0.6) is 0 Å². The Balaban J connectivity index is 1.47. The van der Waals surface area contributed by atoms with Gasteiger partial charge in [0.1, 0.15) is 0 Å². The molecule has 0 aromatic carbocycles. The predicted octanol–water partition coefficient (Wildman–Crippen LogP) is 1.65. The van der Waals surface area contributed by atoms with Crippen LogP contribution >= 0.6 is 0 Å². The molecule has 130 valence electrons. The summed E-state index contributed by atoms with van der Waals surface area (Å²) >= 11 is 0. The van der Waals surface area contributed by atoms with E-state index in [1.54, 1.807) is 35.3 Å². The van der Waals surface area contributed by atoms with Crippen molar-refractivity contribution in [2.45, 2.75) is 13.5 Å². The first kappa shape index (κ1) is 15.9. The van der Waals surface area contributed by atoms with Crippen molar-refractivity contribution in [3.63, 3.8) is 0 Å². The number of carbonyl (C=O) groups excluding carboxylic acids is 1.